The summed E-state index contributed by atoms with van der Waals surface area (Å²) in [5.74, 6) is 0.144. The van der Waals surface area contributed by atoms with Crippen LogP contribution in [-0.2, 0) is 4.74 Å². The number of morpholine rings is 1. The van der Waals surface area contributed by atoms with Crippen LogP contribution in [0.4, 0.5) is 14.9 Å². The Bertz CT molecular complexity index is 573. The van der Waals surface area contributed by atoms with Crippen LogP contribution in [0.1, 0.15) is 12.8 Å². The highest BCUT2D eigenvalue weighted by molar-refractivity contribution is 6.31. The molecule has 0 spiro atoms. The predicted octanol–water partition coefficient (Wildman–Crippen LogP) is 3.06. The molecule has 1 aromatic rings. The van der Waals surface area contributed by atoms with Crippen molar-refractivity contribution in [3.63, 3.8) is 0 Å². The van der Waals surface area contributed by atoms with Crippen LogP contribution < -0.4 is 5.32 Å². The molecule has 7 heteroatoms. The Hall–Kier alpha value is -1.37. The van der Waals surface area contributed by atoms with Gasteiger partial charge >= 0.3 is 6.03 Å². The van der Waals surface area contributed by atoms with Crippen LogP contribution >= 0.6 is 11.6 Å². The topological polar surface area (TPSA) is 44.8 Å². The van der Waals surface area contributed by atoms with E-state index < -0.39 is 5.82 Å². The summed E-state index contributed by atoms with van der Waals surface area (Å²) >= 11 is 5.74. The summed E-state index contributed by atoms with van der Waals surface area (Å²) in [6.07, 6.45) is 2.02. The Morgan fingerprint density at radius 3 is 2.62 bits per heavy atom. The molecule has 2 saturated heterocycles. The number of carbonyl (C=O) groups is 1. The van der Waals surface area contributed by atoms with Gasteiger partial charge in [-0.25, -0.2) is 9.18 Å². The molecule has 0 aliphatic carbocycles. The molecular weight excluding hydrogens is 333 g/mol. The molecule has 2 aliphatic heterocycles. The van der Waals surface area contributed by atoms with E-state index >= 15 is 0 Å². The van der Waals surface area contributed by atoms with E-state index in [2.05, 4.69) is 10.2 Å². The van der Waals surface area contributed by atoms with Crippen molar-refractivity contribution >= 4 is 23.3 Å². The number of ether oxygens (including phenoxy) is 1. The van der Waals surface area contributed by atoms with Gasteiger partial charge in [0.15, 0.2) is 0 Å². The van der Waals surface area contributed by atoms with Crippen LogP contribution in [0.3, 0.4) is 0 Å². The molecule has 24 heavy (non-hydrogen) atoms. The van der Waals surface area contributed by atoms with Crippen molar-refractivity contribution in [1.29, 1.82) is 0 Å². The van der Waals surface area contributed by atoms with Gasteiger partial charge < -0.3 is 15.0 Å². The first-order chi connectivity index (χ1) is 11.6. The highest BCUT2D eigenvalue weighted by Gasteiger charge is 2.25. The van der Waals surface area contributed by atoms with Crippen molar-refractivity contribution in [2.75, 3.05) is 51.3 Å². The number of nitrogens with zero attached hydrogens (tertiary/aromatic N) is 2. The molecule has 2 heterocycles. The Balaban J connectivity index is 1.45. The van der Waals surface area contributed by atoms with Gasteiger partial charge in [-0.05, 0) is 37.0 Å². The maximum absolute atomic E-state index is 13.2. The monoisotopic (exact) mass is 355 g/mol. The molecule has 0 saturated carbocycles. The SMILES string of the molecule is O=C(Nc1ccc(F)c(Cl)c1)N1CCC(CN2CCOCC2)CC1. The van der Waals surface area contributed by atoms with Gasteiger partial charge in [0.1, 0.15) is 5.82 Å². The number of hydrogen-bond donors (Lipinski definition) is 1. The molecule has 3 rings (SSSR count). The molecule has 5 nitrogen and oxygen atoms in total. The minimum atomic E-state index is -0.487. The van der Waals surface area contributed by atoms with Crippen LogP contribution in [0.25, 0.3) is 0 Å². The van der Waals surface area contributed by atoms with E-state index in [9.17, 15) is 9.18 Å². The normalized spacial score (nSPS) is 20.2. The summed E-state index contributed by atoms with van der Waals surface area (Å²) in [5.41, 5.74) is 0.516. The van der Waals surface area contributed by atoms with Gasteiger partial charge in [-0.3, -0.25) is 4.90 Å². The fraction of sp³-hybridized carbons (Fsp3) is 0.588. The van der Waals surface area contributed by atoms with Crippen molar-refractivity contribution in [2.45, 2.75) is 12.8 Å². The number of piperidine rings is 1. The number of halogens is 2. The maximum Gasteiger partial charge on any atom is 0.321 e. The lowest BCUT2D eigenvalue weighted by Crippen LogP contribution is -2.45. The second kappa shape index (κ2) is 8.14. The number of likely N-dealkylation sites (tertiary alicyclic amines) is 1. The van der Waals surface area contributed by atoms with E-state index in [-0.39, 0.29) is 11.1 Å². The van der Waals surface area contributed by atoms with Crippen molar-refractivity contribution < 1.29 is 13.9 Å². The molecule has 0 radical (unpaired) electrons. The van der Waals surface area contributed by atoms with E-state index in [0.29, 0.717) is 11.6 Å². The molecule has 2 aliphatic rings. The number of rotatable bonds is 3. The van der Waals surface area contributed by atoms with Gasteiger partial charge in [-0.2, -0.15) is 0 Å². The van der Waals surface area contributed by atoms with E-state index in [1.165, 1.54) is 18.2 Å². The molecule has 0 aromatic heterocycles. The van der Waals surface area contributed by atoms with Gasteiger partial charge in [0.05, 0.1) is 18.2 Å². The minimum Gasteiger partial charge on any atom is -0.379 e. The number of amides is 2. The summed E-state index contributed by atoms with van der Waals surface area (Å²) < 4.78 is 18.5. The Labute approximate surface area is 146 Å². The molecule has 132 valence electrons. The highest BCUT2D eigenvalue weighted by atomic mass is 35.5. The fourth-order valence-corrected chi connectivity index (χ4v) is 3.42. The zero-order chi connectivity index (χ0) is 16.9. The molecule has 0 atom stereocenters. The molecule has 1 N–H and O–H groups in total. The summed E-state index contributed by atoms with van der Waals surface area (Å²) in [7, 11) is 0. The fourth-order valence-electron chi connectivity index (χ4n) is 3.24. The number of nitrogens with one attached hydrogen (secondary N) is 1. The zero-order valence-electron chi connectivity index (χ0n) is 13.6. The van der Waals surface area contributed by atoms with Crippen molar-refractivity contribution in [3.05, 3.63) is 29.0 Å². The lowest BCUT2D eigenvalue weighted by atomic mass is 9.96. The second-order valence-corrected chi connectivity index (χ2v) is 6.81. The predicted molar refractivity (Wildman–Crippen MR) is 92.0 cm³/mol. The Morgan fingerprint density at radius 2 is 1.96 bits per heavy atom. The third kappa shape index (κ3) is 4.59. The van der Waals surface area contributed by atoms with E-state index in [0.717, 1.165) is 58.8 Å². The molecule has 0 unspecified atom stereocenters. The highest BCUT2D eigenvalue weighted by Crippen LogP contribution is 2.22. The first kappa shape index (κ1) is 17.5. The van der Waals surface area contributed by atoms with E-state index in [4.69, 9.17) is 16.3 Å². The van der Waals surface area contributed by atoms with Crippen molar-refractivity contribution in [2.24, 2.45) is 5.92 Å². The lowest BCUT2D eigenvalue weighted by molar-refractivity contribution is 0.0260. The molecule has 1 aromatic carbocycles. The third-order valence-electron chi connectivity index (χ3n) is 4.69. The van der Waals surface area contributed by atoms with Crippen LogP contribution in [0.5, 0.6) is 0 Å². The first-order valence-electron chi connectivity index (χ1n) is 8.43. The molecule has 2 amide bonds. The number of benzene rings is 1. The van der Waals surface area contributed by atoms with E-state index in [1.54, 1.807) is 0 Å². The zero-order valence-corrected chi connectivity index (χ0v) is 14.4. The molecular formula is C17H23ClFN3O2. The minimum absolute atomic E-state index is 0.0111. The van der Waals surface area contributed by atoms with Gasteiger partial charge in [0, 0.05) is 38.4 Å². The molecule has 2 fully saturated rings. The van der Waals surface area contributed by atoms with Gasteiger partial charge in [0.2, 0.25) is 0 Å². The number of carbonyl (C=O) groups excluding carboxylic acids is 1. The second-order valence-electron chi connectivity index (χ2n) is 6.40. The number of urea groups is 1. The standard InChI is InChI=1S/C17H23ClFN3O2/c18-15-11-14(1-2-16(15)19)20-17(23)22-5-3-13(4-6-22)12-21-7-9-24-10-8-21/h1-2,11,13H,3-10,12H2,(H,20,23). The van der Waals surface area contributed by atoms with Crippen LogP contribution in [0, 0.1) is 11.7 Å². The average Bonchev–Trinajstić information content (AvgIpc) is 2.60. The summed E-state index contributed by atoms with van der Waals surface area (Å²) in [4.78, 5) is 16.6. The van der Waals surface area contributed by atoms with Gasteiger partial charge in [-0.1, -0.05) is 11.6 Å². The smallest absolute Gasteiger partial charge is 0.321 e. The third-order valence-corrected chi connectivity index (χ3v) is 4.98. The number of hydrogen-bond acceptors (Lipinski definition) is 3. The number of anilines is 1. The summed E-state index contributed by atoms with van der Waals surface area (Å²) in [6, 6.07) is 4.05. The quantitative estimate of drug-likeness (QED) is 0.906. The van der Waals surface area contributed by atoms with Crippen LogP contribution in [0.15, 0.2) is 18.2 Å². The van der Waals surface area contributed by atoms with Crippen molar-refractivity contribution in [1.82, 2.24) is 9.80 Å². The maximum atomic E-state index is 13.2. The summed E-state index contributed by atoms with van der Waals surface area (Å²) in [5, 5.41) is 2.80. The first-order valence-corrected chi connectivity index (χ1v) is 8.80. The van der Waals surface area contributed by atoms with E-state index in [1.807, 2.05) is 4.90 Å². The van der Waals surface area contributed by atoms with Crippen molar-refractivity contribution in [3.8, 4) is 0 Å². The lowest BCUT2D eigenvalue weighted by Gasteiger charge is -2.36. The average molecular weight is 356 g/mol. The van der Waals surface area contributed by atoms with Crippen LogP contribution in [-0.4, -0.2) is 61.8 Å². The molecule has 0 bridgehead atoms. The summed E-state index contributed by atoms with van der Waals surface area (Å²) in [6.45, 7) is 6.24. The Kier molecular flexibility index (Phi) is 5.92. The Morgan fingerprint density at radius 1 is 1.25 bits per heavy atom. The van der Waals surface area contributed by atoms with Gasteiger partial charge in [-0.15, -0.1) is 0 Å². The van der Waals surface area contributed by atoms with Gasteiger partial charge in [0.25, 0.3) is 0 Å². The largest absolute Gasteiger partial charge is 0.379 e. The van der Waals surface area contributed by atoms with Crippen LogP contribution in [0.2, 0.25) is 5.02 Å².